The molecule has 0 aliphatic carbocycles. The van der Waals surface area contributed by atoms with E-state index in [4.69, 9.17) is 5.73 Å². The molecule has 0 saturated heterocycles. The minimum absolute atomic E-state index is 0.0646. The number of benzene rings is 1. The molecule has 0 atom stereocenters. The quantitative estimate of drug-likeness (QED) is 0.870. The van der Waals surface area contributed by atoms with Crippen LogP contribution < -0.4 is 5.73 Å². The van der Waals surface area contributed by atoms with Crippen molar-refractivity contribution in [3.63, 3.8) is 0 Å². The van der Waals surface area contributed by atoms with Gasteiger partial charge in [-0.1, -0.05) is 6.07 Å². The highest BCUT2D eigenvalue weighted by Gasteiger charge is 2.22. The molecule has 1 aromatic carbocycles. The fourth-order valence-corrected chi connectivity index (χ4v) is 2.93. The zero-order chi connectivity index (χ0) is 14.8. The fraction of sp³-hybridized carbons (Fsp3) is 0.154. The smallest absolute Gasteiger partial charge is 0.243 e. The summed E-state index contributed by atoms with van der Waals surface area (Å²) in [5.74, 6) is -0.685. The highest BCUT2D eigenvalue weighted by molar-refractivity contribution is 7.89. The lowest BCUT2D eigenvalue weighted by Gasteiger charge is -2.17. The molecular formula is C13H14FN3O2S. The molecule has 1 heterocycles. The van der Waals surface area contributed by atoms with Gasteiger partial charge in [-0.3, -0.25) is 4.98 Å². The summed E-state index contributed by atoms with van der Waals surface area (Å²) in [7, 11) is -2.40. The third-order valence-corrected chi connectivity index (χ3v) is 4.49. The molecule has 2 N–H and O–H groups in total. The Morgan fingerprint density at radius 3 is 2.65 bits per heavy atom. The number of halogens is 1. The van der Waals surface area contributed by atoms with E-state index in [1.165, 1.54) is 13.1 Å². The molecule has 0 saturated carbocycles. The van der Waals surface area contributed by atoms with E-state index in [9.17, 15) is 12.8 Å². The first-order valence-corrected chi connectivity index (χ1v) is 7.26. The largest absolute Gasteiger partial charge is 0.399 e. The number of anilines is 1. The molecule has 20 heavy (non-hydrogen) atoms. The molecule has 5 nitrogen and oxygen atoms in total. The van der Waals surface area contributed by atoms with E-state index in [0.29, 0.717) is 5.69 Å². The van der Waals surface area contributed by atoms with Gasteiger partial charge in [-0.05, 0) is 30.3 Å². The summed E-state index contributed by atoms with van der Waals surface area (Å²) >= 11 is 0. The van der Waals surface area contributed by atoms with Crippen molar-refractivity contribution in [2.45, 2.75) is 11.4 Å². The Balaban J connectivity index is 2.30. The van der Waals surface area contributed by atoms with E-state index >= 15 is 0 Å². The van der Waals surface area contributed by atoms with Gasteiger partial charge in [0.2, 0.25) is 10.0 Å². The Morgan fingerprint density at radius 1 is 1.30 bits per heavy atom. The van der Waals surface area contributed by atoms with Gasteiger partial charge in [0.15, 0.2) is 0 Å². The van der Waals surface area contributed by atoms with Gasteiger partial charge in [-0.25, -0.2) is 12.8 Å². The molecule has 106 valence electrons. The van der Waals surface area contributed by atoms with E-state index in [1.54, 1.807) is 24.4 Å². The number of nitrogens with zero attached hydrogens (tertiary/aromatic N) is 2. The van der Waals surface area contributed by atoms with Crippen LogP contribution in [0, 0.1) is 5.82 Å². The minimum Gasteiger partial charge on any atom is -0.399 e. The number of pyridine rings is 1. The maximum Gasteiger partial charge on any atom is 0.243 e. The summed E-state index contributed by atoms with van der Waals surface area (Å²) in [4.78, 5) is 3.88. The van der Waals surface area contributed by atoms with Gasteiger partial charge in [0.1, 0.15) is 5.82 Å². The first kappa shape index (κ1) is 14.4. The first-order valence-electron chi connectivity index (χ1n) is 5.82. The zero-order valence-electron chi connectivity index (χ0n) is 10.8. The highest BCUT2D eigenvalue weighted by atomic mass is 32.2. The number of aromatic nitrogens is 1. The van der Waals surface area contributed by atoms with Crippen molar-refractivity contribution in [1.82, 2.24) is 9.29 Å². The maximum absolute atomic E-state index is 13.3. The van der Waals surface area contributed by atoms with Crippen LogP contribution in [0.2, 0.25) is 0 Å². The molecule has 0 bridgehead atoms. The lowest BCUT2D eigenvalue weighted by atomic mass is 10.3. The SMILES string of the molecule is CN(Cc1ccccn1)S(=O)(=O)c1cc(N)cc(F)c1. The second-order valence-corrected chi connectivity index (χ2v) is 6.35. The van der Waals surface area contributed by atoms with Crippen molar-refractivity contribution >= 4 is 15.7 Å². The maximum atomic E-state index is 13.3. The predicted molar refractivity (Wildman–Crippen MR) is 73.7 cm³/mol. The lowest BCUT2D eigenvalue weighted by molar-refractivity contribution is 0.461. The molecule has 0 aliphatic rings. The molecule has 2 rings (SSSR count). The fourth-order valence-electron chi connectivity index (χ4n) is 1.72. The van der Waals surface area contributed by atoms with Gasteiger partial charge in [-0.2, -0.15) is 4.31 Å². The normalized spacial score (nSPS) is 11.8. The molecule has 0 aliphatic heterocycles. The predicted octanol–water partition coefficient (Wildman–Crippen LogP) is 1.62. The number of hydrogen-bond donors (Lipinski definition) is 1. The summed E-state index contributed by atoms with van der Waals surface area (Å²) in [5.41, 5.74) is 6.14. The molecule has 2 aromatic rings. The van der Waals surface area contributed by atoms with E-state index in [0.717, 1.165) is 16.4 Å². The van der Waals surface area contributed by atoms with Crippen LogP contribution in [0.5, 0.6) is 0 Å². The summed E-state index contributed by atoms with van der Waals surface area (Å²) in [5, 5.41) is 0. The Bertz CT molecular complexity index is 685. The Hall–Kier alpha value is -1.99. The van der Waals surface area contributed by atoms with Crippen LogP contribution in [-0.2, 0) is 16.6 Å². The zero-order valence-corrected chi connectivity index (χ0v) is 11.6. The third kappa shape index (κ3) is 3.12. The van der Waals surface area contributed by atoms with Gasteiger partial charge in [0, 0.05) is 18.9 Å². The second-order valence-electron chi connectivity index (χ2n) is 4.30. The summed E-state index contributed by atoms with van der Waals surface area (Å²) in [6.45, 7) is 0.0968. The van der Waals surface area contributed by atoms with Crippen molar-refractivity contribution in [2.24, 2.45) is 0 Å². The number of sulfonamides is 1. The van der Waals surface area contributed by atoms with E-state index < -0.39 is 15.8 Å². The van der Waals surface area contributed by atoms with Gasteiger partial charge in [-0.15, -0.1) is 0 Å². The van der Waals surface area contributed by atoms with Gasteiger partial charge in [0.25, 0.3) is 0 Å². The van der Waals surface area contributed by atoms with Crippen molar-refractivity contribution in [3.05, 3.63) is 54.1 Å². The van der Waals surface area contributed by atoms with Crippen LogP contribution in [-0.4, -0.2) is 24.8 Å². The van der Waals surface area contributed by atoms with Gasteiger partial charge < -0.3 is 5.73 Å². The number of rotatable bonds is 4. The van der Waals surface area contributed by atoms with Crippen LogP contribution >= 0.6 is 0 Å². The standard InChI is InChI=1S/C13H14FN3O2S/c1-17(9-12-4-2-3-5-16-12)20(18,19)13-7-10(14)6-11(15)8-13/h2-8H,9,15H2,1H3. The topological polar surface area (TPSA) is 76.3 Å². The molecule has 0 radical (unpaired) electrons. The minimum atomic E-state index is -3.81. The summed E-state index contributed by atoms with van der Waals surface area (Å²) in [6.07, 6.45) is 1.58. The van der Waals surface area contributed by atoms with Crippen LogP contribution in [0.1, 0.15) is 5.69 Å². The monoisotopic (exact) mass is 295 g/mol. The van der Waals surface area contributed by atoms with Crippen molar-refractivity contribution in [3.8, 4) is 0 Å². The molecular weight excluding hydrogens is 281 g/mol. The first-order chi connectivity index (χ1) is 9.39. The lowest BCUT2D eigenvalue weighted by Crippen LogP contribution is -2.27. The summed E-state index contributed by atoms with van der Waals surface area (Å²) < 4.78 is 39.0. The Labute approximate surface area is 116 Å². The number of nitrogen functional groups attached to an aromatic ring is 1. The van der Waals surface area contributed by atoms with E-state index in [1.807, 2.05) is 0 Å². The van der Waals surface area contributed by atoms with Crippen LogP contribution in [0.4, 0.5) is 10.1 Å². The van der Waals surface area contributed by atoms with Crippen molar-refractivity contribution in [1.29, 1.82) is 0 Å². The molecule has 7 heteroatoms. The number of nitrogens with two attached hydrogens (primary N) is 1. The molecule has 0 fully saturated rings. The molecule has 0 spiro atoms. The van der Waals surface area contributed by atoms with Gasteiger partial charge >= 0.3 is 0 Å². The second kappa shape index (κ2) is 5.56. The molecule has 0 unspecified atom stereocenters. The van der Waals surface area contributed by atoms with E-state index in [2.05, 4.69) is 4.98 Å². The third-order valence-electron chi connectivity index (χ3n) is 2.71. The molecule has 0 amide bonds. The average Bonchev–Trinajstić information content (AvgIpc) is 2.38. The number of hydrogen-bond acceptors (Lipinski definition) is 4. The van der Waals surface area contributed by atoms with Crippen LogP contribution in [0.25, 0.3) is 0 Å². The highest BCUT2D eigenvalue weighted by Crippen LogP contribution is 2.20. The van der Waals surface area contributed by atoms with Crippen LogP contribution in [0.15, 0.2) is 47.5 Å². The Kier molecular flexibility index (Phi) is 4.01. The van der Waals surface area contributed by atoms with Crippen molar-refractivity contribution in [2.75, 3.05) is 12.8 Å². The van der Waals surface area contributed by atoms with E-state index in [-0.39, 0.29) is 17.1 Å². The Morgan fingerprint density at radius 2 is 2.05 bits per heavy atom. The molecule has 1 aromatic heterocycles. The van der Waals surface area contributed by atoms with Crippen molar-refractivity contribution < 1.29 is 12.8 Å². The summed E-state index contributed by atoms with van der Waals surface area (Å²) in [6, 6.07) is 8.46. The average molecular weight is 295 g/mol. The van der Waals surface area contributed by atoms with Gasteiger partial charge in [0.05, 0.1) is 17.1 Å². The van der Waals surface area contributed by atoms with Crippen LogP contribution in [0.3, 0.4) is 0 Å².